The van der Waals surface area contributed by atoms with Gasteiger partial charge in [0.15, 0.2) is 0 Å². The Kier molecular flexibility index (Phi) is 5.48. The van der Waals surface area contributed by atoms with Crippen molar-refractivity contribution in [3.05, 3.63) is 97.1 Å². The summed E-state index contributed by atoms with van der Waals surface area (Å²) in [6, 6.07) is 24.0. The van der Waals surface area contributed by atoms with E-state index < -0.39 is 0 Å². The number of hydrogen-bond donors (Lipinski definition) is 2. The molecule has 1 aromatic heterocycles. The normalized spacial score (nSPS) is 10.3. The molecule has 2 amide bonds. The fraction of sp³-hybridized carbons (Fsp3) is 0.0455. The molecule has 0 spiro atoms. The Morgan fingerprint density at radius 1 is 0.897 bits per heavy atom. The molecule has 0 bridgehead atoms. The van der Waals surface area contributed by atoms with Crippen LogP contribution in [-0.2, 0) is 6.54 Å². The van der Waals surface area contributed by atoms with E-state index in [2.05, 4.69) is 20.7 Å². The third-order valence-corrected chi connectivity index (χ3v) is 4.12. The van der Waals surface area contributed by atoms with Gasteiger partial charge in [0.2, 0.25) is 0 Å². The van der Waals surface area contributed by atoms with E-state index in [-0.39, 0.29) is 6.03 Å². The number of aromatic nitrogens is 3. The number of anilines is 2. The third kappa shape index (κ3) is 4.98. The maximum absolute atomic E-state index is 12.3. The molecule has 0 atom stereocenters. The molecule has 4 rings (SSSR count). The summed E-state index contributed by atoms with van der Waals surface area (Å²) in [6.07, 6.45) is 3.11. The van der Waals surface area contributed by atoms with E-state index >= 15 is 0 Å². The highest BCUT2D eigenvalue weighted by Crippen LogP contribution is 2.28. The van der Waals surface area contributed by atoms with Gasteiger partial charge in [0.05, 0.1) is 6.54 Å². The molecule has 0 fully saturated rings. The van der Waals surface area contributed by atoms with Crippen LogP contribution in [-0.4, -0.2) is 20.8 Å². The van der Waals surface area contributed by atoms with Crippen molar-refractivity contribution in [3.8, 4) is 11.5 Å². The van der Waals surface area contributed by atoms with Crippen LogP contribution < -0.4 is 15.4 Å². The van der Waals surface area contributed by atoms with Crippen LogP contribution >= 0.6 is 0 Å². The number of nitrogens with zero attached hydrogens (tertiary/aromatic N) is 3. The fourth-order valence-electron chi connectivity index (χ4n) is 2.80. The Hall–Kier alpha value is -4.13. The highest BCUT2D eigenvalue weighted by atomic mass is 16.5. The largest absolute Gasteiger partial charge is 0.457 e. The van der Waals surface area contributed by atoms with Crippen molar-refractivity contribution >= 4 is 17.4 Å². The minimum Gasteiger partial charge on any atom is -0.457 e. The molecule has 0 aliphatic heterocycles. The molecule has 1 heterocycles. The molecule has 29 heavy (non-hydrogen) atoms. The van der Waals surface area contributed by atoms with Crippen LogP contribution in [0.5, 0.6) is 11.5 Å². The predicted octanol–water partition coefficient (Wildman–Crippen LogP) is 4.76. The molecule has 7 nitrogen and oxygen atoms in total. The Balaban J connectivity index is 1.54. The molecule has 2 N–H and O–H groups in total. The monoisotopic (exact) mass is 385 g/mol. The minimum absolute atomic E-state index is 0.320. The molecule has 4 aromatic rings. The van der Waals surface area contributed by atoms with E-state index in [9.17, 15) is 4.79 Å². The number of carbonyl (C=O) groups is 1. The zero-order valence-corrected chi connectivity index (χ0v) is 15.5. The van der Waals surface area contributed by atoms with Crippen molar-refractivity contribution in [2.45, 2.75) is 6.54 Å². The smallest absolute Gasteiger partial charge is 0.323 e. The fourth-order valence-corrected chi connectivity index (χ4v) is 2.80. The van der Waals surface area contributed by atoms with Crippen molar-refractivity contribution in [2.75, 3.05) is 10.6 Å². The molecule has 0 saturated heterocycles. The summed E-state index contributed by atoms with van der Waals surface area (Å²) >= 11 is 0. The molecular weight excluding hydrogens is 366 g/mol. The van der Waals surface area contributed by atoms with Gasteiger partial charge in [0, 0.05) is 16.9 Å². The second kappa shape index (κ2) is 8.71. The van der Waals surface area contributed by atoms with Gasteiger partial charge in [-0.2, -0.15) is 5.10 Å². The Morgan fingerprint density at radius 3 is 2.34 bits per heavy atom. The highest BCUT2D eigenvalue weighted by molar-refractivity contribution is 5.99. The lowest BCUT2D eigenvalue weighted by Crippen LogP contribution is -2.19. The standard InChI is InChI=1S/C22H19N5O2/c28-22(25-18-7-3-1-4-8-18)26-19-11-12-21(29-20-9-5-2-6-10-20)17(13-19)14-27-16-23-15-24-27/h1-13,15-16H,14H2,(H2,25,26,28). The maximum atomic E-state index is 12.3. The number of hydrogen-bond acceptors (Lipinski definition) is 4. The van der Waals surface area contributed by atoms with E-state index in [1.807, 2.05) is 72.8 Å². The zero-order chi connectivity index (χ0) is 19.9. The second-order valence-electron chi connectivity index (χ2n) is 6.28. The summed E-state index contributed by atoms with van der Waals surface area (Å²) in [5, 5.41) is 9.81. The van der Waals surface area contributed by atoms with Gasteiger partial charge in [0.1, 0.15) is 24.2 Å². The Morgan fingerprint density at radius 2 is 1.62 bits per heavy atom. The first-order chi connectivity index (χ1) is 14.3. The van der Waals surface area contributed by atoms with Gasteiger partial charge < -0.3 is 15.4 Å². The molecular formula is C22H19N5O2. The Bertz CT molecular complexity index is 1070. The second-order valence-corrected chi connectivity index (χ2v) is 6.28. The number of benzene rings is 3. The number of urea groups is 1. The number of amides is 2. The predicted molar refractivity (Wildman–Crippen MR) is 111 cm³/mol. The lowest BCUT2D eigenvalue weighted by atomic mass is 10.1. The van der Waals surface area contributed by atoms with Crippen LogP contribution in [0, 0.1) is 0 Å². The zero-order valence-electron chi connectivity index (χ0n) is 15.5. The summed E-state index contributed by atoms with van der Waals surface area (Å²) in [7, 11) is 0. The van der Waals surface area contributed by atoms with Crippen molar-refractivity contribution in [3.63, 3.8) is 0 Å². The average molecular weight is 385 g/mol. The van der Waals surface area contributed by atoms with E-state index in [1.54, 1.807) is 17.1 Å². The molecule has 3 aromatic carbocycles. The van der Waals surface area contributed by atoms with Crippen molar-refractivity contribution in [2.24, 2.45) is 0 Å². The van der Waals surface area contributed by atoms with Gasteiger partial charge in [-0.3, -0.25) is 0 Å². The average Bonchev–Trinajstić information content (AvgIpc) is 3.24. The van der Waals surface area contributed by atoms with Crippen LogP contribution in [0.3, 0.4) is 0 Å². The van der Waals surface area contributed by atoms with Crippen molar-refractivity contribution in [1.29, 1.82) is 0 Å². The topological polar surface area (TPSA) is 81.1 Å². The van der Waals surface area contributed by atoms with Crippen LogP contribution in [0.1, 0.15) is 5.56 Å². The molecule has 0 unspecified atom stereocenters. The van der Waals surface area contributed by atoms with Gasteiger partial charge in [-0.15, -0.1) is 0 Å². The van der Waals surface area contributed by atoms with Crippen LogP contribution in [0.2, 0.25) is 0 Å². The first-order valence-corrected chi connectivity index (χ1v) is 9.07. The van der Waals surface area contributed by atoms with Gasteiger partial charge in [-0.1, -0.05) is 36.4 Å². The van der Waals surface area contributed by atoms with Crippen LogP contribution in [0.15, 0.2) is 91.5 Å². The molecule has 0 aliphatic carbocycles. The van der Waals surface area contributed by atoms with Crippen LogP contribution in [0.25, 0.3) is 0 Å². The summed E-state index contributed by atoms with van der Waals surface area (Å²) in [5.74, 6) is 1.41. The molecule has 144 valence electrons. The molecule has 0 radical (unpaired) electrons. The summed E-state index contributed by atoms with van der Waals surface area (Å²) in [4.78, 5) is 16.3. The number of para-hydroxylation sites is 2. The van der Waals surface area contributed by atoms with Gasteiger partial charge in [-0.25, -0.2) is 14.5 Å². The van der Waals surface area contributed by atoms with Gasteiger partial charge in [-0.05, 0) is 42.5 Å². The first kappa shape index (κ1) is 18.2. The number of rotatable bonds is 6. The lowest BCUT2D eigenvalue weighted by Gasteiger charge is -2.14. The number of carbonyl (C=O) groups excluding carboxylic acids is 1. The van der Waals surface area contributed by atoms with E-state index in [4.69, 9.17) is 4.74 Å². The van der Waals surface area contributed by atoms with Gasteiger partial charge >= 0.3 is 6.03 Å². The summed E-state index contributed by atoms with van der Waals surface area (Å²) in [6.45, 7) is 0.456. The molecule has 0 aliphatic rings. The Labute approximate surface area is 168 Å². The first-order valence-electron chi connectivity index (χ1n) is 9.07. The molecule has 0 saturated carbocycles. The van der Waals surface area contributed by atoms with Crippen LogP contribution in [0.4, 0.5) is 16.2 Å². The maximum Gasteiger partial charge on any atom is 0.323 e. The quantitative estimate of drug-likeness (QED) is 0.501. The van der Waals surface area contributed by atoms with E-state index in [1.165, 1.54) is 6.33 Å². The van der Waals surface area contributed by atoms with Crippen molar-refractivity contribution in [1.82, 2.24) is 14.8 Å². The lowest BCUT2D eigenvalue weighted by molar-refractivity contribution is 0.262. The highest BCUT2D eigenvalue weighted by Gasteiger charge is 2.10. The van der Waals surface area contributed by atoms with E-state index in [0.29, 0.717) is 18.0 Å². The summed E-state index contributed by atoms with van der Waals surface area (Å²) < 4.78 is 7.72. The summed E-state index contributed by atoms with van der Waals surface area (Å²) in [5.41, 5.74) is 2.22. The molecule has 7 heteroatoms. The van der Waals surface area contributed by atoms with Gasteiger partial charge in [0.25, 0.3) is 0 Å². The SMILES string of the molecule is O=C(Nc1ccccc1)Nc1ccc(Oc2ccccc2)c(Cn2cncn2)c1. The number of ether oxygens (including phenoxy) is 1. The minimum atomic E-state index is -0.320. The third-order valence-electron chi connectivity index (χ3n) is 4.12. The van der Waals surface area contributed by atoms with Crippen molar-refractivity contribution < 1.29 is 9.53 Å². The number of nitrogens with one attached hydrogen (secondary N) is 2. The van der Waals surface area contributed by atoms with E-state index in [0.717, 1.165) is 17.0 Å².